The van der Waals surface area contributed by atoms with Crippen LogP contribution in [-0.4, -0.2) is 50.9 Å². The van der Waals surface area contributed by atoms with Gasteiger partial charge in [0.05, 0.1) is 5.56 Å². The minimum Gasteiger partial charge on any atom is -0.357 e. The van der Waals surface area contributed by atoms with E-state index < -0.39 is 0 Å². The molecule has 3 aromatic heterocycles. The topological polar surface area (TPSA) is 83.0 Å². The number of hydrogen-bond acceptors (Lipinski definition) is 3. The zero-order chi connectivity index (χ0) is 18.3. The number of nitrogens with zero attached hydrogens (tertiary/aromatic N) is 3. The Morgan fingerprint density at radius 3 is 2.88 bits per heavy atom. The van der Waals surface area contributed by atoms with Gasteiger partial charge in [-0.15, -0.1) is 0 Å². The molecule has 1 aliphatic rings. The number of aromatic nitrogens is 3. The van der Waals surface area contributed by atoms with Gasteiger partial charge in [0.2, 0.25) is 0 Å². The number of fused-ring (bicyclic) bond motifs is 1. The molecule has 26 heavy (non-hydrogen) atoms. The van der Waals surface area contributed by atoms with Crippen molar-refractivity contribution in [2.75, 3.05) is 19.6 Å². The lowest BCUT2D eigenvalue weighted by Gasteiger charge is -2.39. The number of rotatable bonds is 4. The van der Waals surface area contributed by atoms with Crippen LogP contribution >= 0.6 is 0 Å². The number of nitrogens with one attached hydrogen (secondary N) is 2. The predicted molar refractivity (Wildman–Crippen MR) is 98.0 cm³/mol. The van der Waals surface area contributed by atoms with Crippen LogP contribution in [0.2, 0.25) is 0 Å². The molecule has 0 unspecified atom stereocenters. The summed E-state index contributed by atoms with van der Waals surface area (Å²) in [6, 6.07) is 5.65. The highest BCUT2D eigenvalue weighted by Gasteiger charge is 2.31. The van der Waals surface area contributed by atoms with E-state index in [9.17, 15) is 9.59 Å². The van der Waals surface area contributed by atoms with Crippen molar-refractivity contribution >= 4 is 22.8 Å². The summed E-state index contributed by atoms with van der Waals surface area (Å²) >= 11 is 0. The normalized spacial score (nSPS) is 14.5. The number of pyridine rings is 1. The first-order chi connectivity index (χ1) is 12.5. The van der Waals surface area contributed by atoms with Gasteiger partial charge in [0, 0.05) is 56.6 Å². The first-order valence-electron chi connectivity index (χ1n) is 8.65. The fourth-order valence-corrected chi connectivity index (χ4v) is 3.28. The molecule has 0 spiro atoms. The number of aromatic amines is 1. The third-order valence-electron chi connectivity index (χ3n) is 4.82. The molecule has 1 aliphatic heterocycles. The van der Waals surface area contributed by atoms with Crippen LogP contribution in [-0.2, 0) is 7.05 Å². The van der Waals surface area contributed by atoms with Gasteiger partial charge < -0.3 is 19.8 Å². The van der Waals surface area contributed by atoms with Gasteiger partial charge in [-0.1, -0.05) is 0 Å². The highest BCUT2D eigenvalue weighted by molar-refractivity contribution is 5.97. The summed E-state index contributed by atoms with van der Waals surface area (Å²) in [7, 11) is 1.93. The Hall–Kier alpha value is -3.09. The van der Waals surface area contributed by atoms with E-state index in [1.54, 1.807) is 17.3 Å². The number of likely N-dealkylation sites (tertiary alicyclic amines) is 1. The Labute approximate surface area is 151 Å². The van der Waals surface area contributed by atoms with Crippen LogP contribution in [0.1, 0.15) is 26.4 Å². The SMILES string of the molecule is Cc1c[nH]c(C(=O)NCC2CN(C(=O)c3cnc4c(ccn4C)c3)C2)c1. The van der Waals surface area contributed by atoms with Crippen LogP contribution < -0.4 is 5.32 Å². The van der Waals surface area contributed by atoms with Gasteiger partial charge in [-0.25, -0.2) is 4.98 Å². The maximum absolute atomic E-state index is 12.6. The van der Waals surface area contributed by atoms with Gasteiger partial charge in [-0.2, -0.15) is 0 Å². The van der Waals surface area contributed by atoms with Gasteiger partial charge in [0.1, 0.15) is 11.3 Å². The molecule has 3 aromatic rings. The van der Waals surface area contributed by atoms with Crippen molar-refractivity contribution in [2.24, 2.45) is 13.0 Å². The Morgan fingerprint density at radius 1 is 1.35 bits per heavy atom. The summed E-state index contributed by atoms with van der Waals surface area (Å²) in [5, 5.41) is 3.88. The first-order valence-corrected chi connectivity index (χ1v) is 8.65. The molecule has 7 nitrogen and oxygen atoms in total. The van der Waals surface area contributed by atoms with Gasteiger partial charge in [0.15, 0.2) is 0 Å². The Bertz CT molecular complexity index is 981. The zero-order valence-electron chi connectivity index (χ0n) is 14.8. The van der Waals surface area contributed by atoms with Crippen molar-refractivity contribution in [3.63, 3.8) is 0 Å². The summed E-state index contributed by atoms with van der Waals surface area (Å²) < 4.78 is 1.93. The fraction of sp³-hybridized carbons (Fsp3) is 0.316. The van der Waals surface area contributed by atoms with E-state index in [1.807, 2.05) is 42.9 Å². The van der Waals surface area contributed by atoms with Crippen LogP contribution in [0.25, 0.3) is 11.0 Å². The number of hydrogen-bond donors (Lipinski definition) is 2. The highest BCUT2D eigenvalue weighted by atomic mass is 16.2. The minimum absolute atomic E-state index is 0.00850. The maximum atomic E-state index is 12.6. The van der Waals surface area contributed by atoms with Gasteiger partial charge in [-0.05, 0) is 30.7 Å². The molecule has 4 rings (SSSR count). The summed E-state index contributed by atoms with van der Waals surface area (Å²) in [6.45, 7) is 3.80. The molecule has 0 aromatic carbocycles. The molecule has 2 N–H and O–H groups in total. The minimum atomic E-state index is -0.110. The Morgan fingerprint density at radius 2 is 2.15 bits per heavy atom. The lowest BCUT2D eigenvalue weighted by atomic mass is 9.99. The largest absolute Gasteiger partial charge is 0.357 e. The van der Waals surface area contributed by atoms with Crippen LogP contribution in [0.15, 0.2) is 36.8 Å². The molecule has 0 bridgehead atoms. The predicted octanol–water partition coefficient (Wildman–Crippen LogP) is 1.71. The van der Waals surface area contributed by atoms with Crippen molar-refractivity contribution in [2.45, 2.75) is 6.92 Å². The molecule has 1 fully saturated rings. The standard InChI is InChI=1S/C19H21N5O2/c1-12-5-16(20-7-12)18(25)22-8-13-10-24(11-13)19(26)15-6-14-3-4-23(2)17(14)21-9-15/h3-7,9,13,20H,8,10-11H2,1-2H3,(H,22,25). The van der Waals surface area contributed by atoms with Crippen LogP contribution in [0.5, 0.6) is 0 Å². The molecule has 0 radical (unpaired) electrons. The van der Waals surface area contributed by atoms with E-state index in [1.165, 1.54) is 0 Å². The second-order valence-corrected chi connectivity index (χ2v) is 6.94. The van der Waals surface area contributed by atoms with Gasteiger partial charge in [-0.3, -0.25) is 9.59 Å². The maximum Gasteiger partial charge on any atom is 0.267 e. The summed E-state index contributed by atoms with van der Waals surface area (Å²) in [4.78, 5) is 33.7. The molecule has 7 heteroatoms. The zero-order valence-corrected chi connectivity index (χ0v) is 14.8. The van der Waals surface area contributed by atoms with E-state index in [4.69, 9.17) is 0 Å². The average molecular weight is 351 g/mol. The summed E-state index contributed by atoms with van der Waals surface area (Å²) in [5.74, 6) is 0.166. The van der Waals surface area contributed by atoms with E-state index in [-0.39, 0.29) is 17.7 Å². The summed E-state index contributed by atoms with van der Waals surface area (Å²) in [5.41, 5.74) is 3.06. The van der Waals surface area contributed by atoms with Gasteiger partial charge >= 0.3 is 0 Å². The van der Waals surface area contributed by atoms with E-state index >= 15 is 0 Å². The van der Waals surface area contributed by atoms with Crippen LogP contribution in [0, 0.1) is 12.8 Å². The molecule has 134 valence electrons. The quantitative estimate of drug-likeness (QED) is 0.751. The van der Waals surface area contributed by atoms with Crippen molar-refractivity contribution < 1.29 is 9.59 Å². The van der Waals surface area contributed by atoms with Crippen molar-refractivity contribution in [1.82, 2.24) is 24.8 Å². The first kappa shape index (κ1) is 16.4. The number of amides is 2. The van der Waals surface area contributed by atoms with Crippen molar-refractivity contribution in [1.29, 1.82) is 0 Å². The smallest absolute Gasteiger partial charge is 0.267 e. The number of H-pyrrole nitrogens is 1. The van der Waals surface area contributed by atoms with Crippen LogP contribution in [0.4, 0.5) is 0 Å². The van der Waals surface area contributed by atoms with E-state index in [0.717, 1.165) is 16.6 Å². The second kappa shape index (κ2) is 6.33. The summed E-state index contributed by atoms with van der Waals surface area (Å²) in [6.07, 6.45) is 5.36. The van der Waals surface area contributed by atoms with Crippen LogP contribution in [0.3, 0.4) is 0 Å². The van der Waals surface area contributed by atoms with E-state index in [0.29, 0.717) is 30.9 Å². The third-order valence-corrected chi connectivity index (χ3v) is 4.82. The Kier molecular flexibility index (Phi) is 3.99. The lowest BCUT2D eigenvalue weighted by Crippen LogP contribution is -2.53. The number of carbonyl (C=O) groups excluding carboxylic acids is 2. The average Bonchev–Trinajstić information content (AvgIpc) is 3.19. The highest BCUT2D eigenvalue weighted by Crippen LogP contribution is 2.20. The molecule has 1 saturated heterocycles. The molecule has 0 atom stereocenters. The molecule has 0 aliphatic carbocycles. The lowest BCUT2D eigenvalue weighted by molar-refractivity contribution is 0.0497. The number of carbonyl (C=O) groups is 2. The molecule has 0 saturated carbocycles. The van der Waals surface area contributed by atoms with Crippen molar-refractivity contribution in [3.05, 3.63) is 53.6 Å². The van der Waals surface area contributed by atoms with Crippen molar-refractivity contribution in [3.8, 4) is 0 Å². The third kappa shape index (κ3) is 2.96. The molecule has 2 amide bonds. The monoisotopic (exact) mass is 351 g/mol. The van der Waals surface area contributed by atoms with E-state index in [2.05, 4.69) is 15.3 Å². The van der Waals surface area contributed by atoms with Gasteiger partial charge in [0.25, 0.3) is 11.8 Å². The molecular weight excluding hydrogens is 330 g/mol. The number of aryl methyl sites for hydroxylation is 2. The molecule has 4 heterocycles. The second-order valence-electron chi connectivity index (χ2n) is 6.94. The molecular formula is C19H21N5O2. The fourth-order valence-electron chi connectivity index (χ4n) is 3.28. The Balaban J connectivity index is 1.31.